The standard InChI is InChI=1S/C28H32N2O3S/c1-4-20-11-14-25-26(17-20)34-27(30-25)18-22(15-19(3)31)28(33)29-23(12-13-24(32)5-2)16-21-9-7-6-8-10-21/h5-11,14,17,22-23H,2,4,12-13,15-16,18H2,1,3H3,(H,29,33)/t22-,23+/m0/s1. The Hall–Kier alpha value is -3.12. The Morgan fingerprint density at radius 3 is 2.53 bits per heavy atom. The zero-order valence-corrected chi connectivity index (χ0v) is 20.7. The zero-order valence-electron chi connectivity index (χ0n) is 19.9. The summed E-state index contributed by atoms with van der Waals surface area (Å²) in [5, 5.41) is 3.97. The number of Topliss-reactive ketones (excluding diaryl/α,β-unsaturated/α-hetero) is 1. The van der Waals surface area contributed by atoms with Gasteiger partial charge in [0, 0.05) is 25.3 Å². The maximum absolute atomic E-state index is 13.3. The van der Waals surface area contributed by atoms with E-state index in [1.54, 1.807) is 11.3 Å². The Kier molecular flexibility index (Phi) is 9.28. The van der Waals surface area contributed by atoms with E-state index in [1.165, 1.54) is 18.6 Å². The van der Waals surface area contributed by atoms with E-state index in [1.807, 2.05) is 36.4 Å². The summed E-state index contributed by atoms with van der Waals surface area (Å²) in [7, 11) is 0. The van der Waals surface area contributed by atoms with Crippen molar-refractivity contribution in [3.8, 4) is 0 Å². The monoisotopic (exact) mass is 476 g/mol. The summed E-state index contributed by atoms with van der Waals surface area (Å²) < 4.78 is 1.10. The van der Waals surface area contributed by atoms with E-state index < -0.39 is 5.92 Å². The number of nitrogens with zero attached hydrogens (tertiary/aromatic N) is 1. The fourth-order valence-corrected chi connectivity index (χ4v) is 5.11. The highest BCUT2D eigenvalue weighted by molar-refractivity contribution is 7.18. The van der Waals surface area contributed by atoms with E-state index in [0.717, 1.165) is 27.2 Å². The van der Waals surface area contributed by atoms with Gasteiger partial charge in [-0.3, -0.25) is 9.59 Å². The molecule has 34 heavy (non-hydrogen) atoms. The molecule has 1 N–H and O–H groups in total. The topological polar surface area (TPSA) is 76.1 Å². The van der Waals surface area contributed by atoms with E-state index in [4.69, 9.17) is 4.98 Å². The number of carbonyl (C=O) groups is 3. The Labute approximate surface area is 205 Å². The van der Waals surface area contributed by atoms with Crippen LogP contribution < -0.4 is 5.32 Å². The molecular formula is C28H32N2O3S. The Morgan fingerprint density at radius 1 is 1.09 bits per heavy atom. The summed E-state index contributed by atoms with van der Waals surface area (Å²) in [6.45, 7) is 7.17. The molecule has 0 radical (unpaired) electrons. The molecule has 0 aliphatic rings. The van der Waals surface area contributed by atoms with Gasteiger partial charge in [-0.15, -0.1) is 11.3 Å². The number of carbonyl (C=O) groups excluding carboxylic acids is 3. The predicted molar refractivity (Wildman–Crippen MR) is 138 cm³/mol. The highest BCUT2D eigenvalue weighted by Gasteiger charge is 2.25. The number of thiazole rings is 1. The van der Waals surface area contributed by atoms with Crippen molar-refractivity contribution in [1.29, 1.82) is 0 Å². The molecule has 1 heterocycles. The Balaban J connectivity index is 1.76. The van der Waals surface area contributed by atoms with Gasteiger partial charge < -0.3 is 10.1 Å². The number of aromatic nitrogens is 1. The third-order valence-corrected chi connectivity index (χ3v) is 6.91. The van der Waals surface area contributed by atoms with Crippen LogP contribution in [-0.2, 0) is 33.6 Å². The molecule has 5 nitrogen and oxygen atoms in total. The number of benzene rings is 2. The second-order valence-corrected chi connectivity index (χ2v) is 9.79. The summed E-state index contributed by atoms with van der Waals surface area (Å²) in [6.07, 6.45) is 4.29. The first kappa shape index (κ1) is 25.5. The molecule has 1 aromatic heterocycles. The molecule has 3 rings (SSSR count). The molecule has 2 atom stereocenters. The largest absolute Gasteiger partial charge is 0.353 e. The first-order valence-corrected chi connectivity index (χ1v) is 12.6. The summed E-state index contributed by atoms with van der Waals surface area (Å²) in [6, 6.07) is 15.9. The fourth-order valence-electron chi connectivity index (χ4n) is 4.00. The molecule has 178 valence electrons. The van der Waals surface area contributed by atoms with Crippen LogP contribution in [0.4, 0.5) is 0 Å². The minimum absolute atomic E-state index is 0.0315. The second-order valence-electron chi connectivity index (χ2n) is 8.67. The number of nitrogens with one attached hydrogen (secondary N) is 1. The number of fused-ring (bicyclic) bond motifs is 1. The summed E-state index contributed by atoms with van der Waals surface area (Å²) in [5.74, 6) is -0.753. The smallest absolute Gasteiger partial charge is 0.224 e. The first-order valence-electron chi connectivity index (χ1n) is 11.7. The van der Waals surface area contributed by atoms with Gasteiger partial charge in [-0.25, -0.2) is 4.98 Å². The zero-order chi connectivity index (χ0) is 24.5. The molecule has 0 saturated heterocycles. The highest BCUT2D eigenvalue weighted by atomic mass is 32.1. The maximum atomic E-state index is 13.3. The predicted octanol–water partition coefficient (Wildman–Crippen LogP) is 5.26. The van der Waals surface area contributed by atoms with E-state index in [2.05, 4.69) is 31.0 Å². The van der Waals surface area contributed by atoms with Gasteiger partial charge in [0.2, 0.25) is 5.91 Å². The minimum Gasteiger partial charge on any atom is -0.353 e. The Bertz CT molecular complexity index is 1150. The quantitative estimate of drug-likeness (QED) is 0.342. The number of amides is 1. The van der Waals surface area contributed by atoms with Crippen molar-refractivity contribution >= 4 is 39.0 Å². The molecule has 1 amide bonds. The molecule has 0 saturated carbocycles. The molecule has 6 heteroatoms. The van der Waals surface area contributed by atoms with Gasteiger partial charge >= 0.3 is 0 Å². The van der Waals surface area contributed by atoms with Gasteiger partial charge in [-0.05, 0) is 55.5 Å². The van der Waals surface area contributed by atoms with Gasteiger partial charge in [0.25, 0.3) is 0 Å². The van der Waals surface area contributed by atoms with Gasteiger partial charge in [-0.1, -0.05) is 49.9 Å². The van der Waals surface area contributed by atoms with Crippen molar-refractivity contribution in [3.63, 3.8) is 0 Å². The SMILES string of the molecule is C=CC(=O)CC[C@H](Cc1ccccc1)NC(=O)[C@@H](CC(C)=O)Cc1nc2ccc(CC)cc2s1. The van der Waals surface area contributed by atoms with E-state index in [0.29, 0.717) is 25.7 Å². The van der Waals surface area contributed by atoms with Gasteiger partial charge in [0.15, 0.2) is 5.78 Å². The van der Waals surface area contributed by atoms with Crippen LogP contribution >= 0.6 is 11.3 Å². The number of hydrogen-bond acceptors (Lipinski definition) is 5. The van der Waals surface area contributed by atoms with Crippen molar-refractivity contribution in [3.05, 3.63) is 77.3 Å². The van der Waals surface area contributed by atoms with Crippen molar-refractivity contribution in [2.24, 2.45) is 5.92 Å². The average molecular weight is 477 g/mol. The third-order valence-electron chi connectivity index (χ3n) is 5.87. The lowest BCUT2D eigenvalue weighted by Crippen LogP contribution is -2.41. The lowest BCUT2D eigenvalue weighted by molar-refractivity contribution is -0.129. The van der Waals surface area contributed by atoms with Crippen LogP contribution in [0.2, 0.25) is 0 Å². The number of hydrogen-bond donors (Lipinski definition) is 1. The third kappa shape index (κ3) is 7.45. The van der Waals surface area contributed by atoms with Crippen LogP contribution in [0, 0.1) is 5.92 Å². The van der Waals surface area contributed by atoms with Crippen LogP contribution in [0.25, 0.3) is 10.2 Å². The van der Waals surface area contributed by atoms with Crippen LogP contribution in [0.5, 0.6) is 0 Å². The first-order chi connectivity index (χ1) is 16.4. The molecule has 0 spiro atoms. The van der Waals surface area contributed by atoms with Crippen molar-refractivity contribution in [1.82, 2.24) is 10.3 Å². The van der Waals surface area contributed by atoms with E-state index >= 15 is 0 Å². The lowest BCUT2D eigenvalue weighted by atomic mass is 9.95. The van der Waals surface area contributed by atoms with Crippen molar-refractivity contribution in [2.45, 2.75) is 58.4 Å². The number of aryl methyl sites for hydroxylation is 1. The van der Waals surface area contributed by atoms with Crippen LogP contribution in [0.3, 0.4) is 0 Å². The minimum atomic E-state index is -0.503. The summed E-state index contributed by atoms with van der Waals surface area (Å²) >= 11 is 1.58. The molecular weight excluding hydrogens is 444 g/mol. The van der Waals surface area contributed by atoms with Gasteiger partial charge in [0.1, 0.15) is 5.78 Å². The van der Waals surface area contributed by atoms with Gasteiger partial charge in [-0.2, -0.15) is 0 Å². The molecule has 0 unspecified atom stereocenters. The van der Waals surface area contributed by atoms with Crippen LogP contribution in [-0.4, -0.2) is 28.5 Å². The Morgan fingerprint density at radius 2 is 1.85 bits per heavy atom. The number of ketones is 2. The molecule has 2 aromatic carbocycles. The molecule has 3 aromatic rings. The maximum Gasteiger partial charge on any atom is 0.224 e. The summed E-state index contributed by atoms with van der Waals surface area (Å²) in [5.41, 5.74) is 3.25. The molecule has 0 aliphatic carbocycles. The van der Waals surface area contributed by atoms with E-state index in [9.17, 15) is 14.4 Å². The fraction of sp³-hybridized carbons (Fsp3) is 0.357. The van der Waals surface area contributed by atoms with Crippen LogP contribution in [0.1, 0.15) is 49.2 Å². The molecule has 0 aliphatic heterocycles. The normalized spacial score (nSPS) is 12.8. The average Bonchev–Trinajstić information content (AvgIpc) is 3.23. The molecule has 0 bridgehead atoms. The lowest BCUT2D eigenvalue weighted by Gasteiger charge is -2.22. The molecule has 0 fully saturated rings. The van der Waals surface area contributed by atoms with E-state index in [-0.39, 0.29) is 29.9 Å². The van der Waals surface area contributed by atoms with Crippen molar-refractivity contribution in [2.75, 3.05) is 0 Å². The number of rotatable bonds is 13. The van der Waals surface area contributed by atoms with Gasteiger partial charge in [0.05, 0.1) is 21.1 Å². The highest BCUT2D eigenvalue weighted by Crippen LogP contribution is 2.26. The van der Waals surface area contributed by atoms with Crippen molar-refractivity contribution < 1.29 is 14.4 Å². The number of allylic oxidation sites excluding steroid dienone is 1. The second kappa shape index (κ2) is 12.4. The van der Waals surface area contributed by atoms with Crippen LogP contribution in [0.15, 0.2) is 61.2 Å². The summed E-state index contributed by atoms with van der Waals surface area (Å²) in [4.78, 5) is 41.8.